The minimum Gasteiger partial charge on any atom is -0.455 e. The Morgan fingerprint density at radius 3 is 2.58 bits per heavy atom. The number of rotatable bonds is 4. The maximum atomic E-state index is 10.9. The molecule has 0 radical (unpaired) electrons. The van der Waals surface area contributed by atoms with Crippen molar-refractivity contribution in [3.63, 3.8) is 0 Å². The molecule has 0 saturated carbocycles. The molecule has 0 saturated heterocycles. The standard InChI is InChI=1S/C13H8ClNO4/c14-11-6-5-10(15(17)18)7-13(11)19-12-4-2-1-3-9(12)8-16/h1-8H. The number of aldehydes is 1. The van der Waals surface area contributed by atoms with Crippen molar-refractivity contribution in [2.75, 3.05) is 0 Å². The third-order valence-corrected chi connectivity index (χ3v) is 2.70. The first-order valence-corrected chi connectivity index (χ1v) is 5.65. The Morgan fingerprint density at radius 2 is 1.89 bits per heavy atom. The SMILES string of the molecule is O=Cc1ccccc1Oc1cc([N+](=O)[O-])ccc1Cl. The number of hydrogen-bond donors (Lipinski definition) is 0. The van der Waals surface area contributed by atoms with Crippen LogP contribution in [0.5, 0.6) is 11.5 Å². The first-order valence-electron chi connectivity index (χ1n) is 5.28. The summed E-state index contributed by atoms with van der Waals surface area (Å²) >= 11 is 5.91. The Balaban J connectivity index is 2.40. The van der Waals surface area contributed by atoms with Gasteiger partial charge in [0.1, 0.15) is 5.75 Å². The van der Waals surface area contributed by atoms with E-state index in [-0.39, 0.29) is 16.5 Å². The van der Waals surface area contributed by atoms with Gasteiger partial charge in [-0.15, -0.1) is 0 Å². The minimum absolute atomic E-state index is 0.130. The Hall–Kier alpha value is -2.40. The van der Waals surface area contributed by atoms with Gasteiger partial charge in [0.2, 0.25) is 0 Å². The average molecular weight is 278 g/mol. The summed E-state index contributed by atoms with van der Waals surface area (Å²) in [5, 5.41) is 10.9. The van der Waals surface area contributed by atoms with Gasteiger partial charge in [-0.05, 0) is 18.2 Å². The van der Waals surface area contributed by atoms with Crippen LogP contribution in [0, 0.1) is 10.1 Å². The molecule has 2 aromatic carbocycles. The van der Waals surface area contributed by atoms with Gasteiger partial charge in [-0.3, -0.25) is 14.9 Å². The van der Waals surface area contributed by atoms with E-state index < -0.39 is 4.92 Å². The predicted octanol–water partition coefficient (Wildman–Crippen LogP) is 3.85. The molecule has 2 aromatic rings. The molecule has 0 fully saturated rings. The van der Waals surface area contributed by atoms with E-state index in [1.165, 1.54) is 18.2 Å². The van der Waals surface area contributed by atoms with Crippen LogP contribution >= 0.6 is 11.6 Å². The van der Waals surface area contributed by atoms with Crippen LogP contribution in [0.4, 0.5) is 5.69 Å². The zero-order chi connectivity index (χ0) is 13.8. The van der Waals surface area contributed by atoms with Crippen LogP contribution < -0.4 is 4.74 Å². The fourth-order valence-corrected chi connectivity index (χ4v) is 1.63. The summed E-state index contributed by atoms with van der Waals surface area (Å²) in [6.07, 6.45) is 0.639. The fourth-order valence-electron chi connectivity index (χ4n) is 1.47. The minimum atomic E-state index is -0.547. The Labute approximate surface area is 113 Å². The van der Waals surface area contributed by atoms with E-state index >= 15 is 0 Å². The van der Waals surface area contributed by atoms with Crippen LogP contribution in [0.1, 0.15) is 10.4 Å². The third-order valence-electron chi connectivity index (χ3n) is 2.39. The number of nitro groups is 1. The van der Waals surface area contributed by atoms with Crippen molar-refractivity contribution in [2.24, 2.45) is 0 Å². The van der Waals surface area contributed by atoms with E-state index in [1.807, 2.05) is 0 Å². The smallest absolute Gasteiger partial charge is 0.273 e. The van der Waals surface area contributed by atoms with Crippen LogP contribution in [-0.2, 0) is 0 Å². The van der Waals surface area contributed by atoms with Gasteiger partial charge in [-0.2, -0.15) is 0 Å². The second-order valence-corrected chi connectivity index (χ2v) is 4.04. The topological polar surface area (TPSA) is 69.4 Å². The molecule has 0 aliphatic heterocycles. The van der Waals surface area contributed by atoms with Gasteiger partial charge in [-0.1, -0.05) is 23.7 Å². The summed E-state index contributed by atoms with van der Waals surface area (Å²) in [6.45, 7) is 0. The fraction of sp³-hybridized carbons (Fsp3) is 0. The van der Waals surface area contributed by atoms with Crippen molar-refractivity contribution in [3.8, 4) is 11.5 Å². The van der Waals surface area contributed by atoms with Crippen LogP contribution in [0.2, 0.25) is 5.02 Å². The van der Waals surface area contributed by atoms with Gasteiger partial charge in [0.25, 0.3) is 5.69 Å². The molecule has 5 nitrogen and oxygen atoms in total. The lowest BCUT2D eigenvalue weighted by Crippen LogP contribution is -1.93. The Morgan fingerprint density at radius 1 is 1.16 bits per heavy atom. The first-order chi connectivity index (χ1) is 9.11. The van der Waals surface area contributed by atoms with Crippen molar-refractivity contribution in [3.05, 3.63) is 63.2 Å². The number of nitrogens with zero attached hydrogens (tertiary/aromatic N) is 1. The van der Waals surface area contributed by atoms with Crippen molar-refractivity contribution in [1.29, 1.82) is 0 Å². The molecule has 0 aliphatic rings. The van der Waals surface area contributed by atoms with Gasteiger partial charge >= 0.3 is 0 Å². The first kappa shape index (κ1) is 13.0. The number of non-ortho nitro benzene ring substituents is 1. The summed E-state index contributed by atoms with van der Waals surface area (Å²) in [5.74, 6) is 0.421. The number of halogens is 1. The molecule has 0 bridgehead atoms. The molecule has 0 spiro atoms. The van der Waals surface area contributed by atoms with Gasteiger partial charge in [0.15, 0.2) is 12.0 Å². The molecular formula is C13H8ClNO4. The van der Waals surface area contributed by atoms with Gasteiger partial charge in [-0.25, -0.2) is 0 Å². The average Bonchev–Trinajstić information content (AvgIpc) is 2.41. The van der Waals surface area contributed by atoms with E-state index in [2.05, 4.69) is 0 Å². The summed E-state index contributed by atoms with van der Waals surface area (Å²) < 4.78 is 5.45. The Kier molecular flexibility index (Phi) is 3.77. The molecule has 0 N–H and O–H groups in total. The lowest BCUT2D eigenvalue weighted by molar-refractivity contribution is -0.384. The molecule has 0 aromatic heterocycles. The molecule has 0 amide bonds. The summed E-state index contributed by atoms with van der Waals surface area (Å²) in [6, 6.07) is 10.4. The predicted molar refractivity (Wildman–Crippen MR) is 70.0 cm³/mol. The van der Waals surface area contributed by atoms with E-state index in [0.717, 1.165) is 0 Å². The van der Waals surface area contributed by atoms with Crippen LogP contribution in [0.3, 0.4) is 0 Å². The molecule has 0 heterocycles. The second-order valence-electron chi connectivity index (χ2n) is 3.63. The summed E-state index contributed by atoms with van der Waals surface area (Å²) in [5.41, 5.74) is 0.202. The number of carbonyl (C=O) groups is 1. The highest BCUT2D eigenvalue weighted by molar-refractivity contribution is 6.32. The van der Waals surface area contributed by atoms with Crippen LogP contribution in [0.25, 0.3) is 0 Å². The molecule has 0 atom stereocenters. The molecule has 19 heavy (non-hydrogen) atoms. The van der Waals surface area contributed by atoms with Gasteiger partial charge in [0, 0.05) is 6.07 Å². The van der Waals surface area contributed by atoms with E-state index in [9.17, 15) is 14.9 Å². The number of ether oxygens (including phenoxy) is 1. The summed E-state index contributed by atoms with van der Waals surface area (Å²) in [7, 11) is 0. The lowest BCUT2D eigenvalue weighted by Gasteiger charge is -2.08. The highest BCUT2D eigenvalue weighted by Crippen LogP contribution is 2.33. The van der Waals surface area contributed by atoms with Crippen molar-refractivity contribution in [1.82, 2.24) is 0 Å². The molecule has 96 valence electrons. The maximum absolute atomic E-state index is 10.9. The third kappa shape index (κ3) is 2.89. The van der Waals surface area contributed by atoms with Crippen molar-refractivity contribution >= 4 is 23.6 Å². The Bertz CT molecular complexity index is 642. The largest absolute Gasteiger partial charge is 0.455 e. The van der Waals surface area contributed by atoms with E-state index in [0.29, 0.717) is 17.6 Å². The summed E-state index contributed by atoms with van der Waals surface area (Å²) in [4.78, 5) is 21.0. The van der Waals surface area contributed by atoms with Gasteiger partial charge < -0.3 is 4.74 Å². The molecule has 0 unspecified atom stereocenters. The maximum Gasteiger partial charge on any atom is 0.273 e. The molecule has 2 rings (SSSR count). The number of benzene rings is 2. The van der Waals surface area contributed by atoms with Crippen molar-refractivity contribution < 1.29 is 14.5 Å². The molecule has 6 heteroatoms. The highest BCUT2D eigenvalue weighted by atomic mass is 35.5. The molecule has 0 aliphatic carbocycles. The van der Waals surface area contributed by atoms with Gasteiger partial charge in [0.05, 0.1) is 21.6 Å². The quantitative estimate of drug-likeness (QED) is 0.483. The van der Waals surface area contributed by atoms with E-state index in [1.54, 1.807) is 24.3 Å². The number of para-hydroxylation sites is 1. The van der Waals surface area contributed by atoms with Crippen molar-refractivity contribution in [2.45, 2.75) is 0 Å². The van der Waals surface area contributed by atoms with Crippen LogP contribution in [-0.4, -0.2) is 11.2 Å². The highest BCUT2D eigenvalue weighted by Gasteiger charge is 2.12. The zero-order valence-corrected chi connectivity index (χ0v) is 10.3. The molecular weight excluding hydrogens is 270 g/mol. The zero-order valence-electron chi connectivity index (χ0n) is 9.58. The second kappa shape index (κ2) is 5.49. The lowest BCUT2D eigenvalue weighted by atomic mass is 10.2. The number of nitro benzene ring substituents is 1. The number of hydrogen-bond acceptors (Lipinski definition) is 4. The number of carbonyl (C=O) groups excluding carboxylic acids is 1. The normalized spacial score (nSPS) is 9.95. The van der Waals surface area contributed by atoms with E-state index in [4.69, 9.17) is 16.3 Å². The van der Waals surface area contributed by atoms with Crippen LogP contribution in [0.15, 0.2) is 42.5 Å². The monoisotopic (exact) mass is 277 g/mol.